The fourth-order valence-corrected chi connectivity index (χ4v) is 7.01. The van der Waals surface area contributed by atoms with Crippen molar-refractivity contribution in [3.63, 3.8) is 0 Å². The van der Waals surface area contributed by atoms with Crippen molar-refractivity contribution in [2.24, 2.45) is 5.14 Å². The van der Waals surface area contributed by atoms with Gasteiger partial charge in [-0.05, 0) is 18.9 Å². The third-order valence-corrected chi connectivity index (χ3v) is 8.51. The van der Waals surface area contributed by atoms with Crippen LogP contribution in [0.25, 0.3) is 0 Å². The van der Waals surface area contributed by atoms with Gasteiger partial charge in [0.1, 0.15) is 8.42 Å². The van der Waals surface area contributed by atoms with Gasteiger partial charge in [0.2, 0.25) is 10.0 Å². The number of nitrogens with two attached hydrogens (primary N) is 1. The topological polar surface area (TPSA) is 115 Å². The maximum Gasteiger partial charge on any atom is 0.247 e. The molecule has 1 aromatic rings. The molecule has 2 heterocycles. The molecule has 0 aliphatic carbocycles. The second kappa shape index (κ2) is 4.81. The van der Waals surface area contributed by atoms with Gasteiger partial charge in [-0.25, -0.2) is 22.0 Å². The summed E-state index contributed by atoms with van der Waals surface area (Å²) in [6.45, 7) is 1.86. The molecule has 0 bridgehead atoms. The van der Waals surface area contributed by atoms with Crippen molar-refractivity contribution < 1.29 is 21.9 Å². The van der Waals surface area contributed by atoms with Crippen LogP contribution in [0.4, 0.5) is 0 Å². The monoisotopic (exact) mass is 325 g/mol. The number of rotatable bonds is 3. The van der Waals surface area contributed by atoms with Crippen LogP contribution < -0.4 is 5.14 Å². The molecule has 0 aromatic carbocycles. The van der Waals surface area contributed by atoms with Gasteiger partial charge in [-0.15, -0.1) is 11.3 Å². The Morgan fingerprint density at radius 1 is 1.53 bits per heavy atom. The van der Waals surface area contributed by atoms with Crippen LogP contribution >= 0.6 is 11.3 Å². The lowest BCUT2D eigenvalue weighted by Gasteiger charge is -2.25. The van der Waals surface area contributed by atoms with Gasteiger partial charge in [0.05, 0.1) is 11.4 Å². The van der Waals surface area contributed by atoms with Crippen molar-refractivity contribution in [2.45, 2.75) is 46.0 Å². The molecule has 0 radical (unpaired) electrons. The Bertz CT molecular complexity index is 689. The number of fused-ring (bicyclic) bond motifs is 1. The summed E-state index contributed by atoms with van der Waals surface area (Å²) in [7, 11) is -7.54. The minimum Gasteiger partial charge on any atom is -0.388 e. The fraction of sp³-hybridized carbons (Fsp3) is 0.600. The van der Waals surface area contributed by atoms with Gasteiger partial charge in [-0.1, -0.05) is 13.3 Å². The van der Waals surface area contributed by atoms with Gasteiger partial charge in [0.25, 0.3) is 0 Å². The third kappa shape index (κ3) is 2.57. The summed E-state index contributed by atoms with van der Waals surface area (Å²) in [4.78, 5) is 0. The molecule has 108 valence electrons. The molecule has 0 saturated heterocycles. The van der Waals surface area contributed by atoms with Gasteiger partial charge < -0.3 is 5.11 Å². The molecule has 6 nitrogen and oxygen atoms in total. The zero-order valence-corrected chi connectivity index (χ0v) is 12.7. The standard InChI is InChI=1S/C10H15NO5S3/c1-2-3-6-4-8(12)7-5-9(19(11,15)16)17-10(7)18(6,13)14/h5-6,8,12H,2-4H2,1H3,(H2,11,15,16). The van der Waals surface area contributed by atoms with E-state index in [1.54, 1.807) is 0 Å². The molecule has 2 atom stereocenters. The lowest BCUT2D eigenvalue weighted by atomic mass is 10.1. The van der Waals surface area contributed by atoms with Crippen LogP contribution in [0, 0.1) is 0 Å². The molecule has 2 rings (SSSR count). The summed E-state index contributed by atoms with van der Waals surface area (Å²) in [5, 5.41) is 14.3. The molecule has 9 heteroatoms. The van der Waals surface area contributed by atoms with Crippen LogP contribution in [0.3, 0.4) is 0 Å². The van der Waals surface area contributed by atoms with Crippen LogP contribution in [0.15, 0.2) is 14.5 Å². The highest BCUT2D eigenvalue weighted by molar-refractivity contribution is 7.95. The molecule has 0 fully saturated rings. The summed E-state index contributed by atoms with van der Waals surface area (Å²) < 4.78 is 47.0. The highest BCUT2D eigenvalue weighted by Crippen LogP contribution is 2.43. The minimum absolute atomic E-state index is 0.0614. The minimum atomic E-state index is -3.96. The largest absolute Gasteiger partial charge is 0.388 e. The number of hydrogen-bond donors (Lipinski definition) is 2. The lowest BCUT2D eigenvalue weighted by Crippen LogP contribution is -2.28. The Morgan fingerprint density at radius 2 is 2.16 bits per heavy atom. The molecule has 3 N–H and O–H groups in total. The molecule has 19 heavy (non-hydrogen) atoms. The van der Waals surface area contributed by atoms with E-state index >= 15 is 0 Å². The smallest absolute Gasteiger partial charge is 0.247 e. The molecule has 0 spiro atoms. The molecular weight excluding hydrogens is 310 g/mol. The molecule has 1 aromatic heterocycles. The number of primary sulfonamides is 1. The SMILES string of the molecule is CCCC1CC(O)c2cc(S(N)(=O)=O)sc2S1(=O)=O. The van der Waals surface area contributed by atoms with E-state index in [0.717, 1.165) is 0 Å². The van der Waals surface area contributed by atoms with Gasteiger partial charge >= 0.3 is 0 Å². The van der Waals surface area contributed by atoms with Crippen molar-refractivity contribution in [2.75, 3.05) is 0 Å². The number of aliphatic hydroxyl groups excluding tert-OH is 1. The second-order valence-corrected chi connectivity index (χ2v) is 9.82. The van der Waals surface area contributed by atoms with Gasteiger partial charge in [0.15, 0.2) is 9.84 Å². The highest BCUT2D eigenvalue weighted by atomic mass is 32.3. The molecule has 0 saturated carbocycles. The summed E-state index contributed by atoms with van der Waals surface area (Å²) in [5.41, 5.74) is 0.154. The summed E-state index contributed by atoms with van der Waals surface area (Å²) in [6, 6.07) is 1.17. The highest BCUT2D eigenvalue weighted by Gasteiger charge is 2.40. The van der Waals surface area contributed by atoms with E-state index in [-0.39, 0.29) is 20.4 Å². The molecule has 2 unspecified atom stereocenters. The predicted molar refractivity (Wildman–Crippen MR) is 71.2 cm³/mol. The zero-order chi connectivity index (χ0) is 14.4. The van der Waals surface area contributed by atoms with Gasteiger partial charge in [-0.3, -0.25) is 0 Å². The first-order valence-electron chi connectivity index (χ1n) is 5.76. The number of thiophene rings is 1. The Balaban J connectivity index is 2.60. The van der Waals surface area contributed by atoms with Crippen LogP contribution in [0.5, 0.6) is 0 Å². The van der Waals surface area contributed by atoms with Crippen molar-refractivity contribution in [1.29, 1.82) is 0 Å². The van der Waals surface area contributed by atoms with E-state index in [2.05, 4.69) is 0 Å². The van der Waals surface area contributed by atoms with E-state index in [0.29, 0.717) is 24.2 Å². The maximum atomic E-state index is 12.3. The van der Waals surface area contributed by atoms with Gasteiger partial charge in [-0.2, -0.15) is 0 Å². The van der Waals surface area contributed by atoms with E-state index in [1.165, 1.54) is 6.07 Å². The predicted octanol–water partition coefficient (Wildman–Crippen LogP) is 0.775. The second-order valence-electron chi connectivity index (χ2n) is 4.56. The molecule has 1 aliphatic heterocycles. The van der Waals surface area contributed by atoms with Crippen molar-refractivity contribution in [3.8, 4) is 0 Å². The average Bonchev–Trinajstić information content (AvgIpc) is 2.72. The maximum absolute atomic E-state index is 12.3. The van der Waals surface area contributed by atoms with E-state index in [9.17, 15) is 21.9 Å². The Labute approximate surface area is 116 Å². The quantitative estimate of drug-likeness (QED) is 0.852. The zero-order valence-electron chi connectivity index (χ0n) is 10.2. The summed E-state index contributed by atoms with van der Waals surface area (Å²) in [6.07, 6.45) is 0.270. The van der Waals surface area contributed by atoms with Crippen molar-refractivity contribution >= 4 is 31.2 Å². The number of sulfone groups is 1. The van der Waals surface area contributed by atoms with Crippen molar-refractivity contribution in [3.05, 3.63) is 11.6 Å². The summed E-state index contributed by atoms with van der Waals surface area (Å²) >= 11 is 0.622. The fourth-order valence-electron chi connectivity index (χ4n) is 2.21. The molecular formula is C10H15NO5S3. The number of aliphatic hydroxyl groups is 1. The van der Waals surface area contributed by atoms with E-state index in [4.69, 9.17) is 5.14 Å². The Morgan fingerprint density at radius 3 is 2.68 bits per heavy atom. The average molecular weight is 325 g/mol. The Kier molecular flexibility index (Phi) is 3.78. The molecule has 0 amide bonds. The number of sulfonamides is 1. The van der Waals surface area contributed by atoms with E-state index in [1.807, 2.05) is 6.92 Å². The van der Waals surface area contributed by atoms with E-state index < -0.39 is 31.2 Å². The van der Waals surface area contributed by atoms with Crippen LogP contribution in [-0.4, -0.2) is 27.2 Å². The normalized spacial score (nSPS) is 26.1. The van der Waals surface area contributed by atoms with Crippen LogP contribution in [0.1, 0.15) is 37.9 Å². The first kappa shape index (κ1) is 14.9. The van der Waals surface area contributed by atoms with Gasteiger partial charge in [0, 0.05) is 5.56 Å². The molecule has 1 aliphatic rings. The lowest BCUT2D eigenvalue weighted by molar-refractivity contribution is 0.158. The first-order chi connectivity index (χ1) is 8.67. The summed E-state index contributed by atoms with van der Waals surface area (Å²) in [5.74, 6) is 0. The first-order valence-corrected chi connectivity index (χ1v) is 9.67. The number of hydrogen-bond acceptors (Lipinski definition) is 6. The third-order valence-electron chi connectivity index (χ3n) is 3.14. The van der Waals surface area contributed by atoms with Crippen molar-refractivity contribution in [1.82, 2.24) is 0 Å². The Hall–Kier alpha value is -0.480. The van der Waals surface area contributed by atoms with Crippen LogP contribution in [-0.2, 0) is 19.9 Å². The van der Waals surface area contributed by atoms with Crippen LogP contribution in [0.2, 0.25) is 0 Å².